The van der Waals surface area contributed by atoms with Crippen molar-refractivity contribution in [3.05, 3.63) is 51.7 Å². The molecule has 0 fully saturated rings. The molecule has 35 heavy (non-hydrogen) atoms. The third kappa shape index (κ3) is 5.26. The van der Waals surface area contributed by atoms with Crippen molar-refractivity contribution in [2.75, 3.05) is 19.0 Å². The maximum atomic E-state index is 14.6. The zero-order valence-electron chi connectivity index (χ0n) is 19.0. The first-order valence-electron chi connectivity index (χ1n) is 10.9. The number of carbonyl (C=O) groups is 3. The number of hydrogen-bond donors (Lipinski definition) is 2. The van der Waals surface area contributed by atoms with E-state index in [-0.39, 0.29) is 10.6 Å². The Hall–Kier alpha value is -3.15. The molecule has 12 heteroatoms. The first-order chi connectivity index (χ1) is 16.6. The highest BCUT2D eigenvalue weighted by Gasteiger charge is 2.64. The van der Waals surface area contributed by atoms with E-state index >= 15 is 0 Å². The number of methoxy groups -OCH3 is 1. The zero-order chi connectivity index (χ0) is 25.8. The molecular formula is C23H24F4N2O5S. The van der Waals surface area contributed by atoms with Crippen LogP contribution in [0.4, 0.5) is 22.6 Å². The smallest absolute Gasteiger partial charge is 0.441 e. The maximum Gasteiger partial charge on any atom is 0.441 e. The average Bonchev–Trinajstić information content (AvgIpc) is 2.97. The van der Waals surface area contributed by atoms with Gasteiger partial charge in [0.1, 0.15) is 10.8 Å². The van der Waals surface area contributed by atoms with Gasteiger partial charge in [-0.15, -0.1) is 11.3 Å². The number of alkyl halides is 3. The van der Waals surface area contributed by atoms with E-state index in [1.54, 1.807) is 5.32 Å². The van der Waals surface area contributed by atoms with Gasteiger partial charge in [0.2, 0.25) is 0 Å². The van der Waals surface area contributed by atoms with Gasteiger partial charge in [0, 0.05) is 4.88 Å². The monoisotopic (exact) mass is 516 g/mol. The Kier molecular flexibility index (Phi) is 8.04. The van der Waals surface area contributed by atoms with Crippen molar-refractivity contribution in [1.82, 2.24) is 5.32 Å². The predicted molar refractivity (Wildman–Crippen MR) is 120 cm³/mol. The summed E-state index contributed by atoms with van der Waals surface area (Å²) in [4.78, 5) is 38.8. The van der Waals surface area contributed by atoms with Crippen LogP contribution in [0, 0.1) is 5.82 Å². The van der Waals surface area contributed by atoms with Crippen LogP contribution in [0.15, 0.2) is 24.3 Å². The molecule has 0 aliphatic heterocycles. The molecule has 0 unspecified atom stereocenters. The number of amides is 1. The number of rotatable bonds is 7. The van der Waals surface area contributed by atoms with Crippen molar-refractivity contribution in [3.8, 4) is 0 Å². The second-order valence-corrected chi connectivity index (χ2v) is 8.89. The number of benzene rings is 1. The van der Waals surface area contributed by atoms with Crippen LogP contribution in [0.5, 0.6) is 0 Å². The van der Waals surface area contributed by atoms with Gasteiger partial charge in [-0.05, 0) is 50.3 Å². The lowest BCUT2D eigenvalue weighted by Gasteiger charge is -2.35. The van der Waals surface area contributed by atoms with E-state index < -0.39 is 47.7 Å². The van der Waals surface area contributed by atoms with Crippen LogP contribution in [0.3, 0.4) is 0 Å². The quantitative estimate of drug-likeness (QED) is 0.242. The lowest BCUT2D eigenvalue weighted by Crippen LogP contribution is -2.69. The van der Waals surface area contributed by atoms with E-state index in [9.17, 15) is 31.9 Å². The van der Waals surface area contributed by atoms with E-state index in [1.165, 1.54) is 19.1 Å². The van der Waals surface area contributed by atoms with Crippen LogP contribution in [0.2, 0.25) is 0 Å². The van der Waals surface area contributed by atoms with Gasteiger partial charge in [0.25, 0.3) is 5.91 Å². The molecule has 0 radical (unpaired) electrons. The molecule has 0 saturated carbocycles. The molecule has 2 aromatic rings. The van der Waals surface area contributed by atoms with Crippen LogP contribution in [-0.4, -0.2) is 43.4 Å². The Labute approximate surface area is 202 Å². The molecule has 0 spiro atoms. The molecule has 190 valence electrons. The van der Waals surface area contributed by atoms with Crippen LogP contribution in [-0.2, 0) is 27.1 Å². The minimum Gasteiger partial charge on any atom is -0.465 e. The lowest BCUT2D eigenvalue weighted by molar-refractivity contribution is -0.204. The molecule has 1 aromatic carbocycles. The summed E-state index contributed by atoms with van der Waals surface area (Å²) in [6.45, 7) is 0.865. The summed E-state index contributed by atoms with van der Waals surface area (Å²) in [6, 6.07) is 4.39. The predicted octanol–water partition coefficient (Wildman–Crippen LogP) is 4.61. The number of anilines is 1. The Morgan fingerprint density at radius 3 is 2.40 bits per heavy atom. The van der Waals surface area contributed by atoms with E-state index in [4.69, 9.17) is 4.74 Å². The summed E-state index contributed by atoms with van der Waals surface area (Å²) in [5.41, 5.74) is -4.11. The Morgan fingerprint density at radius 1 is 1.09 bits per heavy atom. The molecule has 1 aromatic heterocycles. The van der Waals surface area contributed by atoms with Crippen LogP contribution in [0.25, 0.3) is 0 Å². The molecule has 2 N–H and O–H groups in total. The third-order valence-electron chi connectivity index (χ3n) is 5.54. The number of esters is 2. The van der Waals surface area contributed by atoms with Gasteiger partial charge in [-0.2, -0.15) is 13.2 Å². The van der Waals surface area contributed by atoms with Gasteiger partial charge in [-0.3, -0.25) is 4.79 Å². The first kappa shape index (κ1) is 26.5. The van der Waals surface area contributed by atoms with Crippen LogP contribution in [0.1, 0.15) is 57.3 Å². The highest BCUT2D eigenvalue weighted by molar-refractivity contribution is 7.16. The summed E-state index contributed by atoms with van der Waals surface area (Å²) in [5, 5.41) is 3.36. The van der Waals surface area contributed by atoms with Gasteiger partial charge < -0.3 is 20.1 Å². The molecule has 1 aliphatic carbocycles. The standard InChI is InChI=1S/C23H24F4N2O5S/c1-3-34-21(32)22(23(25,26)27,28-18(30)13-9-7-8-11-15(13)24)29-19-17(20(31)33-2)14-10-5-4-6-12-16(14)35-19/h7-9,11,29H,3-6,10,12H2,1-2H3,(H,28,30)/t22-/m1/s1. The summed E-state index contributed by atoms with van der Waals surface area (Å²) < 4.78 is 67.4. The second-order valence-electron chi connectivity index (χ2n) is 7.79. The van der Waals surface area contributed by atoms with Gasteiger partial charge in [0.15, 0.2) is 0 Å². The maximum absolute atomic E-state index is 14.6. The molecule has 0 saturated heterocycles. The first-order valence-corrected chi connectivity index (χ1v) is 11.7. The normalized spacial score (nSPS) is 15.3. The lowest BCUT2D eigenvalue weighted by atomic mass is 10.0. The van der Waals surface area contributed by atoms with Crippen LogP contribution >= 0.6 is 11.3 Å². The van der Waals surface area contributed by atoms with Crippen molar-refractivity contribution in [1.29, 1.82) is 0 Å². The number of nitrogens with one attached hydrogen (secondary N) is 2. The van der Waals surface area contributed by atoms with Crippen molar-refractivity contribution in [2.45, 2.75) is 50.9 Å². The molecule has 3 rings (SSSR count). The van der Waals surface area contributed by atoms with Crippen molar-refractivity contribution >= 4 is 34.2 Å². The Bertz CT molecular complexity index is 1120. The van der Waals surface area contributed by atoms with E-state index in [1.807, 2.05) is 0 Å². The number of aryl methyl sites for hydroxylation is 1. The highest BCUT2D eigenvalue weighted by Crippen LogP contribution is 2.42. The summed E-state index contributed by atoms with van der Waals surface area (Å²) in [7, 11) is 1.09. The summed E-state index contributed by atoms with van der Waals surface area (Å²) in [5.74, 6) is -5.33. The number of fused-ring (bicyclic) bond motifs is 1. The molecule has 0 bridgehead atoms. The van der Waals surface area contributed by atoms with Gasteiger partial charge in [-0.25, -0.2) is 14.0 Å². The molecule has 1 heterocycles. The highest BCUT2D eigenvalue weighted by atomic mass is 32.1. The molecule has 1 atom stereocenters. The molecule has 7 nitrogen and oxygen atoms in total. The Morgan fingerprint density at radius 2 is 1.77 bits per heavy atom. The summed E-state index contributed by atoms with van der Waals surface area (Å²) in [6.07, 6.45) is -2.09. The topological polar surface area (TPSA) is 93.7 Å². The van der Waals surface area contributed by atoms with E-state index in [0.717, 1.165) is 49.8 Å². The number of ether oxygens (including phenoxy) is 2. The van der Waals surface area contributed by atoms with Crippen molar-refractivity contribution in [3.63, 3.8) is 0 Å². The number of halogens is 4. The van der Waals surface area contributed by atoms with E-state index in [2.05, 4.69) is 10.1 Å². The SMILES string of the molecule is CCOC(=O)[C@@](NC(=O)c1ccccc1F)(Nc1sc2c(c1C(=O)OC)CCCCC2)C(F)(F)F. The molecule has 1 amide bonds. The fourth-order valence-electron chi connectivity index (χ4n) is 3.83. The fourth-order valence-corrected chi connectivity index (χ4v) is 5.16. The number of hydrogen-bond acceptors (Lipinski definition) is 7. The minimum atomic E-state index is -5.45. The van der Waals surface area contributed by atoms with Crippen molar-refractivity contribution < 1.29 is 41.4 Å². The zero-order valence-corrected chi connectivity index (χ0v) is 19.8. The van der Waals surface area contributed by atoms with Gasteiger partial charge in [-0.1, -0.05) is 18.6 Å². The van der Waals surface area contributed by atoms with Crippen LogP contribution < -0.4 is 10.6 Å². The van der Waals surface area contributed by atoms with Gasteiger partial charge >= 0.3 is 23.8 Å². The number of carbonyl (C=O) groups excluding carboxylic acids is 3. The average molecular weight is 517 g/mol. The fraction of sp³-hybridized carbons (Fsp3) is 0.435. The molecular weight excluding hydrogens is 492 g/mol. The summed E-state index contributed by atoms with van der Waals surface area (Å²) >= 11 is 0.878. The number of thiophene rings is 1. The largest absolute Gasteiger partial charge is 0.465 e. The third-order valence-corrected chi connectivity index (χ3v) is 6.75. The Balaban J connectivity index is 2.16. The van der Waals surface area contributed by atoms with Crippen molar-refractivity contribution in [2.24, 2.45) is 0 Å². The minimum absolute atomic E-state index is 0.132. The van der Waals surface area contributed by atoms with E-state index in [0.29, 0.717) is 23.3 Å². The molecule has 1 aliphatic rings. The van der Waals surface area contributed by atoms with Gasteiger partial charge in [0.05, 0.1) is 24.8 Å². The second kappa shape index (κ2) is 10.6.